The monoisotopic (exact) mass is 248 g/mol. The summed E-state index contributed by atoms with van der Waals surface area (Å²) in [5, 5.41) is 0. The minimum absolute atomic E-state index is 0.465. The normalized spacial score (nSPS) is 13.6. The van der Waals surface area contributed by atoms with Gasteiger partial charge in [-0.3, -0.25) is 9.11 Å². The van der Waals surface area contributed by atoms with E-state index in [1.165, 1.54) is 0 Å². The van der Waals surface area contributed by atoms with Crippen LogP contribution < -0.4 is 0 Å². The maximum Gasteiger partial charge on any atom is 0.397 e. The lowest BCUT2D eigenvalue weighted by atomic mass is 10.5. The van der Waals surface area contributed by atoms with E-state index in [-0.39, 0.29) is 0 Å². The van der Waals surface area contributed by atoms with Crippen LogP contribution in [-0.4, -0.2) is 39.2 Å². The molecule has 14 heavy (non-hydrogen) atoms. The van der Waals surface area contributed by atoms with E-state index in [9.17, 15) is 16.8 Å². The van der Waals surface area contributed by atoms with Gasteiger partial charge in [0.2, 0.25) is 0 Å². The third kappa shape index (κ3) is 11.5. The van der Waals surface area contributed by atoms with E-state index < -0.39 is 34.0 Å². The van der Waals surface area contributed by atoms with Gasteiger partial charge in [-0.15, -0.1) is 0 Å². The zero-order valence-corrected chi connectivity index (χ0v) is 8.36. The van der Waals surface area contributed by atoms with Gasteiger partial charge in [-0.05, 0) is 0 Å². The first-order valence-corrected chi connectivity index (χ1v) is 5.82. The maximum absolute atomic E-state index is 9.96. The van der Waals surface area contributed by atoms with Crippen molar-refractivity contribution in [3.63, 3.8) is 0 Å². The Hall–Kier alpha value is -0.520. The highest BCUT2D eigenvalue weighted by Gasteiger charge is 2.02. The average molecular weight is 248 g/mol. The van der Waals surface area contributed by atoms with E-state index >= 15 is 0 Å². The van der Waals surface area contributed by atoms with Crippen molar-refractivity contribution < 1.29 is 34.3 Å². The second-order valence-corrected chi connectivity index (χ2v) is 4.08. The molecule has 84 valence electrons. The first kappa shape index (κ1) is 13.5. The fraction of sp³-hybridized carbons (Fsp3) is 0.500. The summed E-state index contributed by atoms with van der Waals surface area (Å²) in [5.74, 6) is 0. The van der Waals surface area contributed by atoms with Gasteiger partial charge in [0.25, 0.3) is 0 Å². The molecule has 8 nitrogen and oxygen atoms in total. The predicted molar refractivity (Wildman–Crippen MR) is 44.1 cm³/mol. The molecule has 0 fully saturated rings. The van der Waals surface area contributed by atoms with Crippen molar-refractivity contribution in [2.45, 2.75) is 0 Å². The molecule has 0 heterocycles. The highest BCUT2D eigenvalue weighted by atomic mass is 32.3. The highest BCUT2D eigenvalue weighted by Crippen LogP contribution is 1.89. The van der Waals surface area contributed by atoms with Crippen LogP contribution in [-0.2, 0) is 29.2 Å². The number of rotatable bonds is 6. The summed E-state index contributed by atoms with van der Waals surface area (Å²) in [7, 11) is -9.00. The maximum atomic E-state index is 9.96. The molecule has 2 N–H and O–H groups in total. The topological polar surface area (TPSA) is 127 Å². The van der Waals surface area contributed by atoms with Crippen LogP contribution in [0, 0.1) is 0 Å². The molecule has 0 aromatic heterocycles. The molecule has 0 unspecified atom stereocenters. The molecule has 0 aliphatic heterocycles. The Morgan fingerprint density at radius 3 is 1.36 bits per heavy atom. The fourth-order valence-corrected chi connectivity index (χ4v) is 0.888. The molecule has 0 saturated heterocycles. The minimum Gasteiger partial charge on any atom is -0.264 e. The molecule has 0 aromatic carbocycles. The summed E-state index contributed by atoms with van der Waals surface area (Å²) in [6.07, 6.45) is 2.16. The molecule has 0 rings (SSSR count). The van der Waals surface area contributed by atoms with E-state index in [1.807, 2.05) is 0 Å². The van der Waals surface area contributed by atoms with Crippen LogP contribution in [0.3, 0.4) is 0 Å². The quantitative estimate of drug-likeness (QED) is 0.461. The van der Waals surface area contributed by atoms with E-state index in [0.29, 0.717) is 0 Å². The second kappa shape index (κ2) is 5.38. The Morgan fingerprint density at radius 1 is 0.857 bits per heavy atom. The Morgan fingerprint density at radius 2 is 1.14 bits per heavy atom. The van der Waals surface area contributed by atoms with Gasteiger partial charge in [-0.1, -0.05) is 12.2 Å². The second-order valence-electron chi connectivity index (χ2n) is 1.90. The van der Waals surface area contributed by atoms with Gasteiger partial charge in [0.1, 0.15) is 0 Å². The van der Waals surface area contributed by atoms with Gasteiger partial charge < -0.3 is 0 Å². The van der Waals surface area contributed by atoms with Crippen LogP contribution in [0.2, 0.25) is 0 Å². The Bertz CT molecular complexity index is 338. The lowest BCUT2D eigenvalue weighted by Crippen LogP contribution is -2.04. The van der Waals surface area contributed by atoms with Crippen LogP contribution in [0.5, 0.6) is 0 Å². The number of hydrogen-bond acceptors (Lipinski definition) is 6. The van der Waals surface area contributed by atoms with Crippen molar-refractivity contribution in [1.82, 2.24) is 0 Å². The summed E-state index contributed by atoms with van der Waals surface area (Å²) >= 11 is 0. The van der Waals surface area contributed by atoms with Crippen molar-refractivity contribution in [2.24, 2.45) is 0 Å². The summed E-state index contributed by atoms with van der Waals surface area (Å²) < 4.78 is 63.6. The summed E-state index contributed by atoms with van der Waals surface area (Å²) in [4.78, 5) is 0. The van der Waals surface area contributed by atoms with Gasteiger partial charge in [0, 0.05) is 0 Å². The molecule has 0 aliphatic carbocycles. The molecule has 0 spiro atoms. The smallest absolute Gasteiger partial charge is 0.264 e. The van der Waals surface area contributed by atoms with Gasteiger partial charge in [-0.25, -0.2) is 8.37 Å². The van der Waals surface area contributed by atoms with Gasteiger partial charge in [0.15, 0.2) is 0 Å². The Kier molecular flexibility index (Phi) is 5.18. The summed E-state index contributed by atoms with van der Waals surface area (Å²) in [6, 6.07) is 0. The average Bonchev–Trinajstić information content (AvgIpc) is 1.92. The first-order chi connectivity index (χ1) is 6.21. The Labute approximate surface area is 81.0 Å². The minimum atomic E-state index is -4.50. The highest BCUT2D eigenvalue weighted by molar-refractivity contribution is 7.81. The third-order valence-electron chi connectivity index (χ3n) is 0.793. The van der Waals surface area contributed by atoms with Gasteiger partial charge in [0.05, 0.1) is 13.2 Å². The van der Waals surface area contributed by atoms with Crippen LogP contribution in [0.4, 0.5) is 0 Å². The molecular weight excluding hydrogens is 240 g/mol. The standard InChI is InChI=1S/C4H8O8S2/c5-13(6,7)11-3-1-2-4-12-14(8,9)10/h1-2H,3-4H2,(H,5,6,7)(H,8,9,10)/b2-1+. The van der Waals surface area contributed by atoms with Crippen molar-refractivity contribution in [1.29, 1.82) is 0 Å². The lowest BCUT2D eigenvalue weighted by Gasteiger charge is -1.94. The van der Waals surface area contributed by atoms with Gasteiger partial charge in [-0.2, -0.15) is 16.8 Å². The van der Waals surface area contributed by atoms with E-state index in [4.69, 9.17) is 9.11 Å². The molecule has 0 aromatic rings. The summed E-state index contributed by atoms with van der Waals surface area (Å²) in [5.41, 5.74) is 0. The van der Waals surface area contributed by atoms with E-state index in [1.54, 1.807) is 0 Å². The molecule has 0 aliphatic rings. The third-order valence-corrected chi connectivity index (χ3v) is 1.66. The largest absolute Gasteiger partial charge is 0.397 e. The molecular formula is C4H8O8S2. The van der Waals surface area contributed by atoms with E-state index in [0.717, 1.165) is 12.2 Å². The molecule has 0 bridgehead atoms. The zero-order chi connectivity index (χ0) is 11.2. The van der Waals surface area contributed by atoms with Crippen molar-refractivity contribution >= 4 is 20.8 Å². The van der Waals surface area contributed by atoms with Crippen LogP contribution in [0.1, 0.15) is 0 Å². The summed E-state index contributed by atoms with van der Waals surface area (Å²) in [6.45, 7) is -0.929. The SMILES string of the molecule is O=S(=O)(O)OC/C=C/COS(=O)(=O)O. The van der Waals surface area contributed by atoms with Gasteiger partial charge >= 0.3 is 20.8 Å². The van der Waals surface area contributed by atoms with Crippen molar-refractivity contribution in [3.8, 4) is 0 Å². The van der Waals surface area contributed by atoms with Crippen LogP contribution >= 0.6 is 0 Å². The van der Waals surface area contributed by atoms with E-state index in [2.05, 4.69) is 8.37 Å². The molecule has 0 amide bonds. The van der Waals surface area contributed by atoms with Crippen LogP contribution in [0.15, 0.2) is 12.2 Å². The van der Waals surface area contributed by atoms with Crippen LogP contribution in [0.25, 0.3) is 0 Å². The molecule has 0 atom stereocenters. The molecule has 10 heteroatoms. The first-order valence-electron chi connectivity index (χ1n) is 3.09. The molecule has 0 saturated carbocycles. The zero-order valence-electron chi connectivity index (χ0n) is 6.73. The predicted octanol–water partition coefficient (Wildman–Crippen LogP) is -0.819. The van der Waals surface area contributed by atoms with Crippen molar-refractivity contribution in [3.05, 3.63) is 12.2 Å². The Balaban J connectivity index is 3.67. The molecule has 0 radical (unpaired) electrons. The van der Waals surface area contributed by atoms with Crippen molar-refractivity contribution in [2.75, 3.05) is 13.2 Å². The lowest BCUT2D eigenvalue weighted by molar-refractivity contribution is 0.287. The fourth-order valence-electron chi connectivity index (χ4n) is 0.387. The number of hydrogen-bond donors (Lipinski definition) is 2.